The summed E-state index contributed by atoms with van der Waals surface area (Å²) in [6, 6.07) is 4.37. The molecule has 1 aliphatic carbocycles. The number of aryl methyl sites for hydroxylation is 1. The van der Waals surface area contributed by atoms with Gasteiger partial charge in [0.05, 0.1) is 12.8 Å². The van der Waals surface area contributed by atoms with Crippen LogP contribution in [0.1, 0.15) is 31.0 Å². The highest BCUT2D eigenvalue weighted by molar-refractivity contribution is 6.30. The fraction of sp³-hybridized carbons (Fsp3) is 0.481. The van der Waals surface area contributed by atoms with Crippen LogP contribution in [0.15, 0.2) is 29.2 Å². The molecule has 10 heteroatoms. The Labute approximate surface area is 219 Å². The van der Waals surface area contributed by atoms with Crippen LogP contribution in [-0.2, 0) is 9.53 Å². The summed E-state index contributed by atoms with van der Waals surface area (Å²) in [6.07, 6.45) is 3.60. The number of aromatic nitrogens is 3. The Morgan fingerprint density at radius 3 is 2.62 bits per heavy atom. The number of nitrogens with zero attached hydrogens (tertiary/aromatic N) is 5. The maximum atomic E-state index is 15.0. The van der Waals surface area contributed by atoms with E-state index >= 15 is 0 Å². The number of carbonyl (C=O) groups is 1. The molecular formula is C27H29ClFN5O3. The standard InChI is InChI=1S/C27H29ClFN5O3/c1-15-16(2)30-24-23(20-5-4-19(28)11-21(20)29)31-22(13-34(24)25(15)35)32-6-8-33(9-7-32)26(36)27(3)12-17-10-18(17)14-37-27/h4-5,11,13,17-18H,6-10,12,14H2,1-3H3/t17?,18?,27-/m1/s1. The van der Waals surface area contributed by atoms with E-state index < -0.39 is 11.4 Å². The van der Waals surface area contributed by atoms with Crippen LogP contribution in [0.5, 0.6) is 0 Å². The van der Waals surface area contributed by atoms with Gasteiger partial charge in [-0.2, -0.15) is 0 Å². The summed E-state index contributed by atoms with van der Waals surface area (Å²) in [4.78, 5) is 39.8. The molecule has 1 saturated carbocycles. The van der Waals surface area contributed by atoms with Gasteiger partial charge in [0.2, 0.25) is 0 Å². The molecule has 0 radical (unpaired) electrons. The van der Waals surface area contributed by atoms with Crippen molar-refractivity contribution in [3.05, 3.63) is 56.8 Å². The Bertz CT molecular complexity index is 1490. The third-order valence-electron chi connectivity index (χ3n) is 8.13. The van der Waals surface area contributed by atoms with Gasteiger partial charge < -0.3 is 14.5 Å². The molecule has 6 rings (SSSR count). The number of ether oxygens (including phenoxy) is 1. The smallest absolute Gasteiger partial charge is 0.261 e. The van der Waals surface area contributed by atoms with E-state index in [0.29, 0.717) is 61.7 Å². The minimum atomic E-state index is -0.755. The third-order valence-corrected chi connectivity index (χ3v) is 8.37. The van der Waals surface area contributed by atoms with Gasteiger partial charge in [-0.1, -0.05) is 11.6 Å². The fourth-order valence-electron chi connectivity index (χ4n) is 5.58. The topological polar surface area (TPSA) is 80.0 Å². The van der Waals surface area contributed by atoms with Crippen LogP contribution in [-0.4, -0.2) is 63.6 Å². The lowest BCUT2D eigenvalue weighted by atomic mass is 9.93. The summed E-state index contributed by atoms with van der Waals surface area (Å²) >= 11 is 5.98. The molecule has 1 aromatic carbocycles. The minimum Gasteiger partial charge on any atom is -0.365 e. The first kappa shape index (κ1) is 24.3. The summed E-state index contributed by atoms with van der Waals surface area (Å²) in [6.45, 7) is 8.14. The molecule has 2 aliphatic heterocycles. The summed E-state index contributed by atoms with van der Waals surface area (Å²) in [5.74, 6) is 1.26. The first-order valence-corrected chi connectivity index (χ1v) is 13.1. The lowest BCUT2D eigenvalue weighted by molar-refractivity contribution is -0.163. The van der Waals surface area contributed by atoms with Crippen LogP contribution in [0.3, 0.4) is 0 Å². The van der Waals surface area contributed by atoms with Crippen LogP contribution in [0, 0.1) is 31.5 Å². The Balaban J connectivity index is 1.32. The molecule has 2 unspecified atom stereocenters. The van der Waals surface area contributed by atoms with Crippen molar-refractivity contribution in [2.24, 2.45) is 11.8 Å². The number of carbonyl (C=O) groups excluding carboxylic acids is 1. The van der Waals surface area contributed by atoms with Gasteiger partial charge in [-0.15, -0.1) is 0 Å². The average molecular weight is 526 g/mol. The maximum absolute atomic E-state index is 15.0. The maximum Gasteiger partial charge on any atom is 0.261 e. The molecule has 1 amide bonds. The summed E-state index contributed by atoms with van der Waals surface area (Å²) < 4.78 is 22.4. The van der Waals surface area contributed by atoms with E-state index in [-0.39, 0.29) is 33.4 Å². The first-order chi connectivity index (χ1) is 17.6. The predicted molar refractivity (Wildman–Crippen MR) is 138 cm³/mol. The monoisotopic (exact) mass is 525 g/mol. The van der Waals surface area contributed by atoms with E-state index in [0.717, 1.165) is 12.8 Å². The first-order valence-electron chi connectivity index (χ1n) is 12.7. The number of hydrogen-bond donors (Lipinski definition) is 0. The second-order valence-electron chi connectivity index (χ2n) is 10.7. The van der Waals surface area contributed by atoms with E-state index in [4.69, 9.17) is 21.3 Å². The lowest BCUT2D eigenvalue weighted by Gasteiger charge is -2.41. The molecule has 37 heavy (non-hydrogen) atoms. The van der Waals surface area contributed by atoms with Gasteiger partial charge in [0, 0.05) is 48.0 Å². The van der Waals surface area contributed by atoms with Crippen molar-refractivity contribution in [1.82, 2.24) is 19.3 Å². The van der Waals surface area contributed by atoms with E-state index in [1.54, 1.807) is 32.2 Å². The van der Waals surface area contributed by atoms with Crippen LogP contribution in [0.4, 0.5) is 10.2 Å². The zero-order valence-corrected chi connectivity index (χ0v) is 21.9. The molecule has 8 nitrogen and oxygen atoms in total. The number of piperazine rings is 1. The molecule has 0 bridgehead atoms. The molecule has 3 aliphatic rings. The molecule has 194 valence electrons. The normalized spacial score (nSPS) is 25.3. The van der Waals surface area contributed by atoms with Gasteiger partial charge in [0.25, 0.3) is 11.5 Å². The number of benzene rings is 1. The molecule has 2 aromatic heterocycles. The molecule has 3 aromatic rings. The molecule has 0 N–H and O–H groups in total. The van der Waals surface area contributed by atoms with Crippen molar-refractivity contribution in [3.8, 4) is 11.3 Å². The Morgan fingerprint density at radius 1 is 1.16 bits per heavy atom. The highest BCUT2D eigenvalue weighted by Crippen LogP contribution is 2.49. The van der Waals surface area contributed by atoms with Crippen LogP contribution < -0.4 is 10.5 Å². The number of fused-ring (bicyclic) bond motifs is 2. The Kier molecular flexibility index (Phi) is 5.76. The second kappa shape index (κ2) is 8.77. The van der Waals surface area contributed by atoms with Gasteiger partial charge in [-0.05, 0) is 63.6 Å². The van der Waals surface area contributed by atoms with Gasteiger partial charge >= 0.3 is 0 Å². The predicted octanol–water partition coefficient (Wildman–Crippen LogP) is 3.63. The lowest BCUT2D eigenvalue weighted by Crippen LogP contribution is -2.57. The van der Waals surface area contributed by atoms with Gasteiger partial charge in [-0.25, -0.2) is 14.4 Å². The SMILES string of the molecule is Cc1nc2c(-c3ccc(Cl)cc3F)nc(N3CCN(C(=O)[C@@]4(C)CC5CC5CO4)CC3)cn2c(=O)c1C. The zero-order valence-electron chi connectivity index (χ0n) is 21.1. The van der Waals surface area contributed by atoms with Crippen molar-refractivity contribution in [1.29, 1.82) is 0 Å². The van der Waals surface area contributed by atoms with Gasteiger partial charge in [0.15, 0.2) is 5.65 Å². The summed E-state index contributed by atoms with van der Waals surface area (Å²) in [5.41, 5.74) is 0.878. The van der Waals surface area contributed by atoms with Crippen LogP contribution in [0.2, 0.25) is 5.02 Å². The Morgan fingerprint density at radius 2 is 1.92 bits per heavy atom. The van der Waals surface area contributed by atoms with Crippen LogP contribution in [0.25, 0.3) is 16.9 Å². The fourth-order valence-corrected chi connectivity index (χ4v) is 5.73. The molecule has 4 heterocycles. The van der Waals surface area contributed by atoms with Gasteiger partial charge in [0.1, 0.15) is 22.9 Å². The molecule has 3 fully saturated rings. The van der Waals surface area contributed by atoms with Crippen molar-refractivity contribution < 1.29 is 13.9 Å². The number of halogens is 2. The van der Waals surface area contributed by atoms with E-state index in [1.165, 1.54) is 10.5 Å². The highest BCUT2D eigenvalue weighted by atomic mass is 35.5. The largest absolute Gasteiger partial charge is 0.365 e. The van der Waals surface area contributed by atoms with Gasteiger partial charge in [-0.3, -0.25) is 14.0 Å². The van der Waals surface area contributed by atoms with Crippen molar-refractivity contribution in [2.45, 2.75) is 39.2 Å². The average Bonchev–Trinajstić information content (AvgIpc) is 3.65. The highest BCUT2D eigenvalue weighted by Gasteiger charge is 2.52. The molecule has 3 atom stereocenters. The molecular weight excluding hydrogens is 497 g/mol. The number of hydrogen-bond acceptors (Lipinski definition) is 6. The number of amides is 1. The quantitative estimate of drug-likeness (QED) is 0.519. The second-order valence-corrected chi connectivity index (χ2v) is 11.1. The van der Waals surface area contributed by atoms with Crippen molar-refractivity contribution in [3.63, 3.8) is 0 Å². The molecule has 0 spiro atoms. The summed E-state index contributed by atoms with van der Waals surface area (Å²) in [7, 11) is 0. The van der Waals surface area contributed by atoms with Crippen molar-refractivity contribution in [2.75, 3.05) is 37.7 Å². The van der Waals surface area contributed by atoms with Crippen molar-refractivity contribution >= 4 is 29.0 Å². The minimum absolute atomic E-state index is 0.0411. The Hall–Kier alpha value is -3.04. The zero-order chi connectivity index (χ0) is 26.1. The van der Waals surface area contributed by atoms with E-state index in [2.05, 4.69) is 4.98 Å². The summed E-state index contributed by atoms with van der Waals surface area (Å²) in [5, 5.41) is 0.271. The van der Waals surface area contributed by atoms with E-state index in [9.17, 15) is 14.0 Å². The van der Waals surface area contributed by atoms with Crippen LogP contribution >= 0.6 is 11.6 Å². The molecule has 2 saturated heterocycles. The van der Waals surface area contributed by atoms with E-state index in [1.807, 2.05) is 16.7 Å². The number of rotatable bonds is 3. The number of anilines is 1. The third kappa shape index (κ3) is 4.18.